The first-order valence-electron chi connectivity index (χ1n) is 7.41. The predicted octanol–water partition coefficient (Wildman–Crippen LogP) is 4.81. The Balaban J connectivity index is 1.81. The van der Waals surface area contributed by atoms with Gasteiger partial charge in [-0.25, -0.2) is 4.39 Å². The van der Waals surface area contributed by atoms with Gasteiger partial charge in [0, 0.05) is 10.3 Å². The van der Waals surface area contributed by atoms with Crippen molar-refractivity contribution in [2.45, 2.75) is 6.92 Å². The molecule has 6 heteroatoms. The van der Waals surface area contributed by atoms with Gasteiger partial charge in [0.15, 0.2) is 0 Å². The average molecular weight is 339 g/mol. The fraction of sp³-hybridized carbons (Fsp3) is 0.111. The van der Waals surface area contributed by atoms with Crippen LogP contribution in [0.5, 0.6) is 5.75 Å². The molecule has 4 nitrogen and oxygen atoms in total. The van der Waals surface area contributed by atoms with Crippen LogP contribution in [0.25, 0.3) is 31.9 Å². The molecule has 0 amide bonds. The Morgan fingerprint density at radius 1 is 1.04 bits per heavy atom. The van der Waals surface area contributed by atoms with Gasteiger partial charge in [-0.3, -0.25) is 0 Å². The zero-order chi connectivity index (χ0) is 16.7. The third-order valence-corrected chi connectivity index (χ3v) is 5.05. The molecule has 2 aromatic heterocycles. The number of rotatable bonds is 3. The Morgan fingerprint density at radius 3 is 2.54 bits per heavy atom. The fourth-order valence-electron chi connectivity index (χ4n) is 2.63. The summed E-state index contributed by atoms with van der Waals surface area (Å²) in [5.74, 6) is 0.596. The number of nitrogens with one attached hydrogen (secondary N) is 1. The Hall–Kier alpha value is -2.73. The van der Waals surface area contributed by atoms with Gasteiger partial charge in [-0.1, -0.05) is 0 Å². The lowest BCUT2D eigenvalue weighted by atomic mass is 10.1. The number of hydrogen-bond donors (Lipinski definition) is 1. The van der Waals surface area contributed by atoms with Crippen molar-refractivity contribution in [3.8, 4) is 27.6 Å². The number of ether oxygens (including phenoxy) is 1. The second kappa shape index (κ2) is 5.72. The molecule has 0 unspecified atom stereocenters. The van der Waals surface area contributed by atoms with Crippen molar-refractivity contribution in [3.63, 3.8) is 0 Å². The molecule has 0 aliphatic heterocycles. The van der Waals surface area contributed by atoms with Gasteiger partial charge in [0.25, 0.3) is 0 Å². The van der Waals surface area contributed by atoms with Crippen LogP contribution in [0.2, 0.25) is 0 Å². The molecule has 2 heterocycles. The van der Waals surface area contributed by atoms with E-state index in [0.717, 1.165) is 37.7 Å². The van der Waals surface area contributed by atoms with Crippen molar-refractivity contribution >= 4 is 21.4 Å². The summed E-state index contributed by atoms with van der Waals surface area (Å²) in [5.41, 5.74) is 3.12. The Kier molecular flexibility index (Phi) is 3.54. The lowest BCUT2D eigenvalue weighted by Gasteiger charge is -2.01. The maximum absolute atomic E-state index is 13.8. The normalized spacial score (nSPS) is 11.1. The maximum atomic E-state index is 13.8. The van der Waals surface area contributed by atoms with E-state index >= 15 is 0 Å². The third kappa shape index (κ3) is 2.45. The number of aromatic amines is 1. The molecule has 4 rings (SSSR count). The van der Waals surface area contributed by atoms with Crippen LogP contribution in [0, 0.1) is 12.7 Å². The van der Waals surface area contributed by atoms with E-state index in [9.17, 15) is 4.39 Å². The molecule has 0 atom stereocenters. The molecule has 0 saturated heterocycles. The lowest BCUT2D eigenvalue weighted by molar-refractivity contribution is 0.415. The van der Waals surface area contributed by atoms with Gasteiger partial charge < -0.3 is 4.74 Å². The molecule has 2 aromatic carbocycles. The molecule has 0 spiro atoms. The van der Waals surface area contributed by atoms with Gasteiger partial charge in [-0.15, -0.1) is 11.3 Å². The van der Waals surface area contributed by atoms with E-state index in [0.29, 0.717) is 5.56 Å². The summed E-state index contributed by atoms with van der Waals surface area (Å²) in [4.78, 5) is 0.953. The van der Waals surface area contributed by atoms with Crippen LogP contribution in [0.1, 0.15) is 5.56 Å². The van der Waals surface area contributed by atoms with Crippen molar-refractivity contribution in [2.75, 3.05) is 7.11 Å². The molecule has 0 bridgehead atoms. The summed E-state index contributed by atoms with van der Waals surface area (Å²) in [6.07, 6.45) is 0. The van der Waals surface area contributed by atoms with E-state index in [2.05, 4.69) is 15.4 Å². The highest BCUT2D eigenvalue weighted by atomic mass is 32.1. The highest BCUT2D eigenvalue weighted by Gasteiger charge is 2.16. The Bertz CT molecular complexity index is 982. The minimum atomic E-state index is -0.192. The van der Waals surface area contributed by atoms with Gasteiger partial charge in [-0.05, 0) is 60.3 Å². The van der Waals surface area contributed by atoms with Crippen molar-refractivity contribution in [1.29, 1.82) is 0 Å². The van der Waals surface area contributed by atoms with Crippen LogP contribution in [0.4, 0.5) is 4.39 Å². The molecule has 1 N–H and O–H groups in total. The van der Waals surface area contributed by atoms with Crippen LogP contribution in [-0.4, -0.2) is 22.5 Å². The van der Waals surface area contributed by atoms with Gasteiger partial charge >= 0.3 is 0 Å². The number of H-pyrrole nitrogens is 1. The van der Waals surface area contributed by atoms with E-state index in [-0.39, 0.29) is 5.82 Å². The first-order chi connectivity index (χ1) is 11.7. The number of fused-ring (bicyclic) bond motifs is 1. The highest BCUT2D eigenvalue weighted by molar-refractivity contribution is 7.22. The highest BCUT2D eigenvalue weighted by Crippen LogP contribution is 2.37. The van der Waals surface area contributed by atoms with E-state index < -0.39 is 0 Å². The first-order valence-corrected chi connectivity index (χ1v) is 8.22. The molecule has 0 radical (unpaired) electrons. The van der Waals surface area contributed by atoms with Crippen LogP contribution in [-0.2, 0) is 0 Å². The largest absolute Gasteiger partial charge is 0.497 e. The average Bonchev–Trinajstić information content (AvgIpc) is 3.22. The zero-order valence-electron chi connectivity index (χ0n) is 13.1. The second-order valence-electron chi connectivity index (χ2n) is 5.50. The van der Waals surface area contributed by atoms with Gasteiger partial charge in [0.05, 0.1) is 12.0 Å². The Morgan fingerprint density at radius 2 is 1.79 bits per heavy atom. The minimum absolute atomic E-state index is 0.192. The second-order valence-corrected chi connectivity index (χ2v) is 6.58. The monoisotopic (exact) mass is 339 g/mol. The molecule has 0 fully saturated rings. The summed E-state index contributed by atoms with van der Waals surface area (Å²) in [7, 11) is 1.63. The molecule has 0 saturated carbocycles. The number of halogens is 1. The smallest absolute Gasteiger partial charge is 0.130 e. The van der Waals surface area contributed by atoms with Gasteiger partial charge in [-0.2, -0.15) is 15.4 Å². The summed E-state index contributed by atoms with van der Waals surface area (Å²) in [5, 5.41) is 12.1. The van der Waals surface area contributed by atoms with Crippen molar-refractivity contribution in [2.24, 2.45) is 0 Å². The predicted molar refractivity (Wildman–Crippen MR) is 93.9 cm³/mol. The zero-order valence-corrected chi connectivity index (χ0v) is 13.9. The fourth-order valence-corrected chi connectivity index (χ4v) is 3.76. The molecule has 0 aliphatic carbocycles. The Labute approximate surface area is 141 Å². The minimum Gasteiger partial charge on any atom is -0.497 e. The van der Waals surface area contributed by atoms with Gasteiger partial charge in [0.2, 0.25) is 0 Å². The number of hydrogen-bond acceptors (Lipinski definition) is 4. The molecule has 0 aliphatic rings. The number of aromatic nitrogens is 3. The number of thiophene rings is 1. The quantitative estimate of drug-likeness (QED) is 0.583. The molecule has 4 aromatic rings. The van der Waals surface area contributed by atoms with Crippen molar-refractivity contribution < 1.29 is 9.13 Å². The van der Waals surface area contributed by atoms with Crippen LogP contribution in [0.15, 0.2) is 42.5 Å². The lowest BCUT2D eigenvalue weighted by Crippen LogP contribution is -1.84. The third-order valence-electron chi connectivity index (χ3n) is 3.94. The van der Waals surface area contributed by atoms with Crippen LogP contribution < -0.4 is 4.74 Å². The SMILES string of the molecule is COc1ccc(-c2n[nH]nc2-c2cc3cc(F)c(C)cc3s2)cc1. The topological polar surface area (TPSA) is 50.8 Å². The summed E-state index contributed by atoms with van der Waals surface area (Å²) < 4.78 is 20.0. The molecule has 120 valence electrons. The number of nitrogens with zero attached hydrogens (tertiary/aromatic N) is 2. The number of benzene rings is 2. The summed E-state index contributed by atoms with van der Waals surface area (Å²) in [6.45, 7) is 1.77. The summed E-state index contributed by atoms with van der Waals surface area (Å²) in [6, 6.07) is 13.0. The van der Waals surface area contributed by atoms with E-state index in [4.69, 9.17) is 4.74 Å². The summed E-state index contributed by atoms with van der Waals surface area (Å²) >= 11 is 1.58. The van der Waals surface area contributed by atoms with Gasteiger partial charge in [0.1, 0.15) is 23.0 Å². The molecular weight excluding hydrogens is 325 g/mol. The van der Waals surface area contributed by atoms with Crippen LogP contribution >= 0.6 is 11.3 Å². The van der Waals surface area contributed by atoms with Crippen LogP contribution in [0.3, 0.4) is 0 Å². The molecular formula is C18H14FN3OS. The number of methoxy groups -OCH3 is 1. The van der Waals surface area contributed by atoms with Crippen molar-refractivity contribution in [3.05, 3.63) is 53.8 Å². The van der Waals surface area contributed by atoms with E-state index in [1.807, 2.05) is 36.4 Å². The molecule has 24 heavy (non-hydrogen) atoms. The maximum Gasteiger partial charge on any atom is 0.130 e. The number of aryl methyl sites for hydroxylation is 1. The standard InChI is InChI=1S/C18H14FN3OS/c1-10-7-15-12(8-14(10)19)9-16(24-15)18-17(20-22-21-18)11-3-5-13(23-2)6-4-11/h3-9H,1-2H3,(H,20,21,22). The first kappa shape index (κ1) is 14.8. The van der Waals surface area contributed by atoms with E-state index in [1.165, 1.54) is 0 Å². The van der Waals surface area contributed by atoms with Crippen molar-refractivity contribution in [1.82, 2.24) is 15.4 Å². The van der Waals surface area contributed by atoms with E-state index in [1.54, 1.807) is 31.4 Å².